The van der Waals surface area contributed by atoms with Crippen LogP contribution in [0.5, 0.6) is 5.75 Å². The summed E-state index contributed by atoms with van der Waals surface area (Å²) in [5.74, 6) is 0.512. The molecule has 0 saturated carbocycles. The van der Waals surface area contributed by atoms with Crippen molar-refractivity contribution < 1.29 is 14.3 Å². The molecule has 3 nitrogen and oxygen atoms in total. The number of hydrogen-bond acceptors (Lipinski definition) is 3. The van der Waals surface area contributed by atoms with Crippen LogP contribution in [0.3, 0.4) is 0 Å². The largest absolute Gasteiger partial charge is 0.514 e. The lowest BCUT2D eigenvalue weighted by molar-refractivity contribution is -0.0119. The molecule has 0 aliphatic carbocycles. The number of carbonyl (C=O) groups excluding carboxylic acids is 1. The van der Waals surface area contributed by atoms with Gasteiger partial charge in [-0.2, -0.15) is 0 Å². The van der Waals surface area contributed by atoms with Gasteiger partial charge in [0.1, 0.15) is 11.4 Å². The van der Waals surface area contributed by atoms with E-state index in [1.54, 1.807) is 0 Å². The van der Waals surface area contributed by atoms with Gasteiger partial charge in [0.2, 0.25) is 0 Å². The second-order valence-corrected chi connectivity index (χ2v) is 10.1. The zero-order valence-electron chi connectivity index (χ0n) is 20.1. The summed E-state index contributed by atoms with van der Waals surface area (Å²) in [6.07, 6.45) is 5.33. The highest BCUT2D eigenvalue weighted by atomic mass is 16.7. The first-order valence-electron chi connectivity index (χ1n) is 11.7. The van der Waals surface area contributed by atoms with E-state index in [4.69, 9.17) is 9.47 Å². The molecule has 0 amide bonds. The third kappa shape index (κ3) is 5.14. The first kappa shape index (κ1) is 23.4. The third-order valence-electron chi connectivity index (χ3n) is 7.62. The minimum atomic E-state index is -0.620. The Kier molecular flexibility index (Phi) is 6.83. The second kappa shape index (κ2) is 9.06. The summed E-state index contributed by atoms with van der Waals surface area (Å²) in [7, 11) is 0. The first-order valence-corrected chi connectivity index (χ1v) is 11.7. The summed E-state index contributed by atoms with van der Waals surface area (Å²) in [6.45, 7) is 13.2. The van der Waals surface area contributed by atoms with Crippen LogP contribution in [0.25, 0.3) is 0 Å². The number of ether oxygens (including phenoxy) is 2. The summed E-state index contributed by atoms with van der Waals surface area (Å²) in [4.78, 5) is 12.5. The Hall–Kier alpha value is -2.29. The first-order chi connectivity index (χ1) is 14.6. The predicted molar refractivity (Wildman–Crippen MR) is 127 cm³/mol. The van der Waals surface area contributed by atoms with E-state index in [9.17, 15) is 4.79 Å². The van der Waals surface area contributed by atoms with Crippen LogP contribution in [0.15, 0.2) is 48.5 Å². The summed E-state index contributed by atoms with van der Waals surface area (Å²) >= 11 is 0. The van der Waals surface area contributed by atoms with Gasteiger partial charge in [-0.25, -0.2) is 4.79 Å². The van der Waals surface area contributed by atoms with Crippen molar-refractivity contribution in [2.45, 2.75) is 96.5 Å². The SMILES string of the molecule is CCC1(C)CCCCC(C)(CC)c2ccc(cc2)C(C)(C)c2ccc(cc2)OC(=O)O1. The number of benzene rings is 2. The van der Waals surface area contributed by atoms with Crippen LogP contribution in [0.1, 0.15) is 96.8 Å². The molecule has 2 atom stereocenters. The molecule has 2 unspecified atom stereocenters. The van der Waals surface area contributed by atoms with Gasteiger partial charge < -0.3 is 9.47 Å². The van der Waals surface area contributed by atoms with Crippen LogP contribution in [-0.4, -0.2) is 11.8 Å². The van der Waals surface area contributed by atoms with Crippen LogP contribution in [-0.2, 0) is 15.6 Å². The molecular weight excluding hydrogens is 384 g/mol. The van der Waals surface area contributed by atoms with Gasteiger partial charge in [0.05, 0.1) is 0 Å². The van der Waals surface area contributed by atoms with E-state index in [0.29, 0.717) is 5.75 Å². The van der Waals surface area contributed by atoms with Gasteiger partial charge in [-0.15, -0.1) is 0 Å². The third-order valence-corrected chi connectivity index (χ3v) is 7.62. The van der Waals surface area contributed by atoms with Crippen LogP contribution in [0.2, 0.25) is 0 Å². The standard InChI is InChI=1S/C28H38O3/c1-7-27(5)19-9-10-20-28(6,8-2)31-25(29)30-24-17-15-22(16-18-24)26(3,4)21-11-13-23(27)14-12-21/h11-18H,7-10,19-20H2,1-6H3. The number of rotatable bonds is 2. The number of hydrogen-bond donors (Lipinski definition) is 0. The lowest BCUT2D eigenvalue weighted by Gasteiger charge is -2.32. The molecule has 3 aliphatic heterocycles. The van der Waals surface area contributed by atoms with Crippen LogP contribution < -0.4 is 4.74 Å². The van der Waals surface area contributed by atoms with Gasteiger partial charge in [-0.3, -0.25) is 0 Å². The highest BCUT2D eigenvalue weighted by Gasteiger charge is 2.30. The highest BCUT2D eigenvalue weighted by molar-refractivity contribution is 5.64. The van der Waals surface area contributed by atoms with E-state index in [-0.39, 0.29) is 10.8 Å². The van der Waals surface area contributed by atoms with E-state index in [1.807, 2.05) is 31.2 Å². The average Bonchev–Trinajstić information content (AvgIpc) is 2.76. The highest BCUT2D eigenvalue weighted by Crippen LogP contribution is 2.37. The van der Waals surface area contributed by atoms with Gasteiger partial charge in [0.25, 0.3) is 0 Å². The van der Waals surface area contributed by atoms with Crippen LogP contribution in [0, 0.1) is 0 Å². The molecule has 31 heavy (non-hydrogen) atoms. The minimum Gasteiger partial charge on any atom is -0.428 e. The van der Waals surface area contributed by atoms with E-state index >= 15 is 0 Å². The summed E-state index contributed by atoms with van der Waals surface area (Å²) in [5, 5.41) is 0. The van der Waals surface area contributed by atoms with E-state index in [1.165, 1.54) is 16.7 Å². The maximum absolute atomic E-state index is 12.5. The van der Waals surface area contributed by atoms with Crippen molar-refractivity contribution in [3.63, 3.8) is 0 Å². The van der Waals surface area contributed by atoms with Gasteiger partial charge in [0.15, 0.2) is 0 Å². The fraction of sp³-hybridized carbons (Fsp3) is 0.536. The normalized spacial score (nSPS) is 26.6. The van der Waals surface area contributed by atoms with Crippen molar-refractivity contribution in [3.05, 3.63) is 65.2 Å². The predicted octanol–water partition coefficient (Wildman–Crippen LogP) is 7.94. The Balaban J connectivity index is 1.99. The van der Waals surface area contributed by atoms with Crippen molar-refractivity contribution in [2.24, 2.45) is 0 Å². The van der Waals surface area contributed by atoms with Crippen molar-refractivity contribution >= 4 is 6.16 Å². The minimum absolute atomic E-state index is 0.146. The lowest BCUT2D eigenvalue weighted by atomic mass is 9.73. The Morgan fingerprint density at radius 1 is 0.742 bits per heavy atom. The second-order valence-electron chi connectivity index (χ2n) is 10.1. The van der Waals surface area contributed by atoms with E-state index < -0.39 is 11.8 Å². The zero-order chi connectivity index (χ0) is 22.7. The van der Waals surface area contributed by atoms with Gasteiger partial charge in [-0.05, 0) is 73.3 Å². The van der Waals surface area contributed by atoms with Crippen molar-refractivity contribution in [1.82, 2.24) is 0 Å². The smallest absolute Gasteiger partial charge is 0.428 e. The molecule has 4 bridgehead atoms. The molecule has 3 aliphatic rings. The molecule has 0 saturated heterocycles. The van der Waals surface area contributed by atoms with Crippen LogP contribution >= 0.6 is 0 Å². The molecule has 2 aromatic rings. The van der Waals surface area contributed by atoms with Crippen molar-refractivity contribution in [3.8, 4) is 5.75 Å². The quantitative estimate of drug-likeness (QED) is 0.364. The van der Waals surface area contributed by atoms with Gasteiger partial charge in [0, 0.05) is 5.41 Å². The van der Waals surface area contributed by atoms with E-state index in [0.717, 1.165) is 38.5 Å². The maximum atomic E-state index is 12.5. The Morgan fingerprint density at radius 3 is 1.81 bits per heavy atom. The lowest BCUT2D eigenvalue weighted by Crippen LogP contribution is -2.32. The topological polar surface area (TPSA) is 35.5 Å². The van der Waals surface area contributed by atoms with Crippen molar-refractivity contribution in [1.29, 1.82) is 0 Å². The fourth-order valence-electron chi connectivity index (χ4n) is 4.55. The maximum Gasteiger partial charge on any atom is 0.514 e. The number of carbonyl (C=O) groups is 1. The van der Waals surface area contributed by atoms with E-state index in [2.05, 4.69) is 58.9 Å². The van der Waals surface area contributed by atoms with Crippen LogP contribution in [0.4, 0.5) is 4.79 Å². The Labute approximate surface area is 188 Å². The summed E-state index contributed by atoms with van der Waals surface area (Å²) in [5.41, 5.74) is 3.37. The monoisotopic (exact) mass is 422 g/mol. The molecule has 2 aromatic carbocycles. The molecule has 3 heterocycles. The molecule has 168 valence electrons. The Bertz CT molecular complexity index is 881. The van der Waals surface area contributed by atoms with Gasteiger partial charge >= 0.3 is 6.16 Å². The molecule has 0 spiro atoms. The van der Waals surface area contributed by atoms with Gasteiger partial charge in [-0.1, -0.05) is 77.4 Å². The fourth-order valence-corrected chi connectivity index (χ4v) is 4.55. The summed E-state index contributed by atoms with van der Waals surface area (Å²) < 4.78 is 11.3. The van der Waals surface area contributed by atoms with Crippen molar-refractivity contribution in [2.75, 3.05) is 0 Å². The molecule has 3 heteroatoms. The molecule has 0 radical (unpaired) electrons. The molecule has 5 rings (SSSR count). The zero-order valence-corrected chi connectivity index (χ0v) is 20.1. The molecule has 0 fully saturated rings. The Morgan fingerprint density at radius 2 is 1.26 bits per heavy atom. The summed E-state index contributed by atoms with van der Waals surface area (Å²) in [6, 6.07) is 17.0. The molecule has 0 aromatic heterocycles. The molecule has 0 N–H and O–H groups in total. The average molecular weight is 423 g/mol. The molecular formula is C28H38O3. The number of fused-ring (bicyclic) bond motifs is 2.